The van der Waals surface area contributed by atoms with Crippen molar-refractivity contribution < 1.29 is 0 Å². The lowest BCUT2D eigenvalue weighted by Gasteiger charge is -2.32. The van der Waals surface area contributed by atoms with Gasteiger partial charge in [0.15, 0.2) is 0 Å². The average Bonchev–Trinajstić information content (AvgIpc) is 3.34. The van der Waals surface area contributed by atoms with E-state index in [1.807, 2.05) is 6.20 Å². The highest BCUT2D eigenvalue weighted by Gasteiger charge is 2.32. The van der Waals surface area contributed by atoms with Crippen molar-refractivity contribution >= 4 is 41.5 Å². The molecule has 3 aromatic rings. The molecule has 2 aromatic heterocycles. The summed E-state index contributed by atoms with van der Waals surface area (Å²) in [6.45, 7) is 0.764. The monoisotopic (exact) mass is 405 g/mol. The molecule has 2 aliphatic carbocycles. The van der Waals surface area contributed by atoms with Crippen molar-refractivity contribution in [2.45, 2.75) is 50.1 Å². The molecule has 2 saturated carbocycles. The number of aromatic amines is 1. The summed E-state index contributed by atoms with van der Waals surface area (Å²) in [6.07, 6.45) is 6.51. The van der Waals surface area contributed by atoms with Gasteiger partial charge >= 0.3 is 0 Å². The molecule has 144 valence electrons. The molecule has 2 heterocycles. The zero-order chi connectivity index (χ0) is 16.8. The van der Waals surface area contributed by atoms with E-state index in [0.717, 1.165) is 31.0 Å². The summed E-state index contributed by atoms with van der Waals surface area (Å²) in [5.41, 5.74) is 9.58. The molecule has 4 N–H and O–H groups in total. The quantitative estimate of drug-likeness (QED) is 0.583. The molecule has 0 aliphatic heterocycles. The van der Waals surface area contributed by atoms with Gasteiger partial charge in [-0.1, -0.05) is 12.1 Å². The average molecular weight is 406 g/mol. The summed E-state index contributed by atoms with van der Waals surface area (Å²) in [7, 11) is 0. The third-order valence-electron chi connectivity index (χ3n) is 5.44. The predicted molar refractivity (Wildman–Crippen MR) is 114 cm³/mol. The Morgan fingerprint density at radius 1 is 1.07 bits per heavy atom. The Bertz CT molecular complexity index is 916. The second kappa shape index (κ2) is 8.05. The Kier molecular flexibility index (Phi) is 5.94. The molecule has 0 unspecified atom stereocenters. The van der Waals surface area contributed by atoms with E-state index in [0.29, 0.717) is 17.9 Å². The van der Waals surface area contributed by atoms with Gasteiger partial charge in [-0.3, -0.25) is 0 Å². The summed E-state index contributed by atoms with van der Waals surface area (Å²) >= 11 is 0. The number of benzene rings is 1. The van der Waals surface area contributed by atoms with Crippen molar-refractivity contribution in [3.05, 3.63) is 53.6 Å². The van der Waals surface area contributed by atoms with Gasteiger partial charge in [0.25, 0.3) is 0 Å². The molecule has 0 amide bonds. The minimum atomic E-state index is 0. The molecule has 2 fully saturated rings. The summed E-state index contributed by atoms with van der Waals surface area (Å²) in [4.78, 5) is 12.9. The molecule has 0 saturated heterocycles. The number of anilines is 1. The number of nitrogens with two attached hydrogens (primary N) is 1. The van der Waals surface area contributed by atoms with E-state index in [-0.39, 0.29) is 24.8 Å². The van der Waals surface area contributed by atoms with Gasteiger partial charge < -0.3 is 16.0 Å². The van der Waals surface area contributed by atoms with Crippen LogP contribution in [0.1, 0.15) is 54.6 Å². The first-order valence-electron chi connectivity index (χ1n) is 9.19. The fraction of sp³-hybridized carbons (Fsp3) is 0.400. The van der Waals surface area contributed by atoms with Crippen LogP contribution in [0.3, 0.4) is 0 Å². The molecule has 7 heteroatoms. The number of nitrogens with one attached hydrogen (secondary N) is 2. The van der Waals surface area contributed by atoms with Crippen LogP contribution in [-0.4, -0.2) is 21.0 Å². The zero-order valence-electron chi connectivity index (χ0n) is 15.0. The van der Waals surface area contributed by atoms with Crippen molar-refractivity contribution in [2.24, 2.45) is 5.73 Å². The molecule has 27 heavy (non-hydrogen) atoms. The number of H-pyrrole nitrogens is 1. The molecule has 1 aromatic carbocycles. The van der Waals surface area contributed by atoms with Crippen LogP contribution in [-0.2, 0) is 6.54 Å². The Balaban J connectivity index is 0.00000105. The van der Waals surface area contributed by atoms with Crippen molar-refractivity contribution in [2.75, 3.05) is 5.32 Å². The molecule has 5 rings (SSSR count). The van der Waals surface area contributed by atoms with Crippen LogP contribution in [0.2, 0.25) is 0 Å². The van der Waals surface area contributed by atoms with Crippen molar-refractivity contribution in [1.82, 2.24) is 15.0 Å². The highest BCUT2D eigenvalue weighted by Crippen LogP contribution is 2.41. The highest BCUT2D eigenvalue weighted by molar-refractivity contribution is 5.85. The Hall–Kier alpha value is -1.82. The third kappa shape index (κ3) is 4.05. The number of fused-ring (bicyclic) bond motifs is 1. The SMILES string of the molecule is Cl.Cl.NC1CC(c2cc(NCc3cccc4[nH]ccc34)nc(C3CC3)n2)C1. The molecule has 0 bridgehead atoms. The van der Waals surface area contributed by atoms with Crippen molar-refractivity contribution in [3.63, 3.8) is 0 Å². The van der Waals surface area contributed by atoms with E-state index in [1.54, 1.807) is 0 Å². The lowest BCUT2D eigenvalue weighted by molar-refractivity contribution is 0.344. The number of hydrogen-bond donors (Lipinski definition) is 3. The van der Waals surface area contributed by atoms with Crippen molar-refractivity contribution in [1.29, 1.82) is 0 Å². The number of rotatable bonds is 5. The second-order valence-electron chi connectivity index (χ2n) is 7.45. The topological polar surface area (TPSA) is 79.6 Å². The second-order valence-corrected chi connectivity index (χ2v) is 7.45. The summed E-state index contributed by atoms with van der Waals surface area (Å²) < 4.78 is 0. The van der Waals surface area contributed by atoms with Crippen LogP contribution in [0.25, 0.3) is 10.9 Å². The van der Waals surface area contributed by atoms with Gasteiger partial charge in [0, 0.05) is 53.3 Å². The normalized spacial score (nSPS) is 21.1. The zero-order valence-corrected chi connectivity index (χ0v) is 16.7. The minimum Gasteiger partial charge on any atom is -0.366 e. The van der Waals surface area contributed by atoms with Gasteiger partial charge in [0.1, 0.15) is 11.6 Å². The summed E-state index contributed by atoms with van der Waals surface area (Å²) in [6, 6.07) is 11.0. The highest BCUT2D eigenvalue weighted by atomic mass is 35.5. The standard InChI is InChI=1S/C20H23N5.2ClH/c21-15-8-14(9-15)18-10-19(25-20(24-18)12-4-5-12)23-11-13-2-1-3-17-16(13)6-7-22-17;;/h1-3,6-7,10,12,14-15,22H,4-5,8-9,11,21H2,(H,23,24,25);2*1H. The van der Waals surface area contributed by atoms with E-state index < -0.39 is 0 Å². The fourth-order valence-corrected chi connectivity index (χ4v) is 3.70. The number of aromatic nitrogens is 3. The largest absolute Gasteiger partial charge is 0.366 e. The maximum Gasteiger partial charge on any atom is 0.134 e. The first-order chi connectivity index (χ1) is 12.3. The van der Waals surface area contributed by atoms with Crippen LogP contribution in [0.5, 0.6) is 0 Å². The van der Waals surface area contributed by atoms with E-state index in [2.05, 4.69) is 40.6 Å². The number of halogens is 2. The van der Waals surface area contributed by atoms with Gasteiger partial charge in [-0.25, -0.2) is 9.97 Å². The van der Waals surface area contributed by atoms with E-state index in [9.17, 15) is 0 Å². The lowest BCUT2D eigenvalue weighted by Crippen LogP contribution is -2.35. The van der Waals surface area contributed by atoms with Gasteiger partial charge in [-0.2, -0.15) is 0 Å². The summed E-state index contributed by atoms with van der Waals surface area (Å²) in [5.74, 6) is 3.02. The van der Waals surface area contributed by atoms with Crippen LogP contribution in [0.4, 0.5) is 5.82 Å². The minimum absolute atomic E-state index is 0. The Labute approximate surface area is 171 Å². The van der Waals surface area contributed by atoms with Crippen molar-refractivity contribution in [3.8, 4) is 0 Å². The van der Waals surface area contributed by atoms with E-state index >= 15 is 0 Å². The first kappa shape index (κ1) is 19.9. The van der Waals surface area contributed by atoms with Crippen LogP contribution >= 0.6 is 24.8 Å². The van der Waals surface area contributed by atoms with Gasteiger partial charge in [-0.15, -0.1) is 24.8 Å². The molecule has 2 aliphatic rings. The molecular weight excluding hydrogens is 381 g/mol. The summed E-state index contributed by atoms with van der Waals surface area (Å²) in [5, 5.41) is 4.79. The smallest absolute Gasteiger partial charge is 0.134 e. The molecule has 0 atom stereocenters. The Morgan fingerprint density at radius 3 is 2.63 bits per heavy atom. The lowest BCUT2D eigenvalue weighted by atomic mass is 9.78. The van der Waals surface area contributed by atoms with Crippen LogP contribution in [0.15, 0.2) is 36.5 Å². The number of hydrogen-bond acceptors (Lipinski definition) is 4. The first-order valence-corrected chi connectivity index (χ1v) is 9.19. The Morgan fingerprint density at radius 2 is 1.89 bits per heavy atom. The molecule has 5 nitrogen and oxygen atoms in total. The molecular formula is C20H25Cl2N5. The van der Waals surface area contributed by atoms with E-state index in [4.69, 9.17) is 15.7 Å². The third-order valence-corrected chi connectivity index (χ3v) is 5.44. The molecule has 0 spiro atoms. The van der Waals surface area contributed by atoms with Crippen LogP contribution < -0.4 is 11.1 Å². The number of nitrogens with zero attached hydrogens (tertiary/aromatic N) is 2. The maximum absolute atomic E-state index is 5.97. The van der Waals surface area contributed by atoms with Gasteiger partial charge in [-0.05, 0) is 43.4 Å². The fourth-order valence-electron chi connectivity index (χ4n) is 3.70. The maximum atomic E-state index is 5.97. The van der Waals surface area contributed by atoms with Gasteiger partial charge in [0.05, 0.1) is 0 Å². The molecule has 0 radical (unpaired) electrons. The van der Waals surface area contributed by atoms with E-state index in [1.165, 1.54) is 35.0 Å². The van der Waals surface area contributed by atoms with Gasteiger partial charge in [0.2, 0.25) is 0 Å². The predicted octanol–water partition coefficient (Wildman–Crippen LogP) is 4.50. The van der Waals surface area contributed by atoms with Crippen LogP contribution in [0, 0.1) is 0 Å².